The molecule has 0 saturated carbocycles. The molecule has 2 aromatic rings. The van der Waals surface area contributed by atoms with Crippen LogP contribution in [0.25, 0.3) is 0 Å². The van der Waals surface area contributed by atoms with Crippen LogP contribution in [0.15, 0.2) is 36.9 Å². The Bertz CT molecular complexity index is 481. The van der Waals surface area contributed by atoms with Crippen LogP contribution in [-0.4, -0.2) is 23.3 Å². The van der Waals surface area contributed by atoms with Crippen molar-refractivity contribution in [1.29, 1.82) is 0 Å². The van der Waals surface area contributed by atoms with Gasteiger partial charge in [-0.3, -0.25) is 0 Å². The molecular formula is C14H18N2O2. The van der Waals surface area contributed by atoms with Crippen molar-refractivity contribution in [2.75, 3.05) is 13.7 Å². The first-order valence-electron chi connectivity index (χ1n) is 6.03. The zero-order valence-corrected chi connectivity index (χ0v) is 10.8. The molecule has 0 bridgehead atoms. The molecule has 4 nitrogen and oxygen atoms in total. The van der Waals surface area contributed by atoms with Gasteiger partial charge >= 0.3 is 0 Å². The number of hydrogen-bond acceptors (Lipinski definition) is 3. The molecule has 0 aliphatic rings. The van der Waals surface area contributed by atoms with Crippen LogP contribution in [0.5, 0.6) is 11.5 Å². The predicted octanol–water partition coefficient (Wildman–Crippen LogP) is 2.67. The largest absolute Gasteiger partial charge is 0.493 e. The SMILES string of the molecule is COc1cc(C)ccc1OCCCn1ccnc1. The van der Waals surface area contributed by atoms with Crippen LogP contribution in [-0.2, 0) is 6.54 Å². The Kier molecular flexibility index (Phi) is 4.23. The van der Waals surface area contributed by atoms with Gasteiger partial charge in [-0.15, -0.1) is 0 Å². The molecule has 0 amide bonds. The van der Waals surface area contributed by atoms with E-state index in [1.165, 1.54) is 0 Å². The summed E-state index contributed by atoms with van der Waals surface area (Å²) in [7, 11) is 1.66. The fourth-order valence-electron chi connectivity index (χ4n) is 1.74. The van der Waals surface area contributed by atoms with Crippen molar-refractivity contribution < 1.29 is 9.47 Å². The van der Waals surface area contributed by atoms with E-state index in [4.69, 9.17) is 9.47 Å². The van der Waals surface area contributed by atoms with Crippen LogP contribution in [0.3, 0.4) is 0 Å². The van der Waals surface area contributed by atoms with Gasteiger partial charge in [-0.2, -0.15) is 0 Å². The van der Waals surface area contributed by atoms with Gasteiger partial charge < -0.3 is 14.0 Å². The molecule has 2 rings (SSSR count). The average molecular weight is 246 g/mol. The first kappa shape index (κ1) is 12.5. The molecule has 0 N–H and O–H groups in total. The molecule has 0 radical (unpaired) electrons. The van der Waals surface area contributed by atoms with Gasteiger partial charge in [0.1, 0.15) is 0 Å². The molecule has 96 valence electrons. The Morgan fingerprint density at radius 1 is 1.28 bits per heavy atom. The van der Waals surface area contributed by atoms with Gasteiger partial charge in [0.25, 0.3) is 0 Å². The number of hydrogen-bond donors (Lipinski definition) is 0. The van der Waals surface area contributed by atoms with Crippen molar-refractivity contribution in [2.45, 2.75) is 19.9 Å². The van der Waals surface area contributed by atoms with Crippen molar-refractivity contribution in [3.8, 4) is 11.5 Å². The summed E-state index contributed by atoms with van der Waals surface area (Å²) in [4.78, 5) is 4.00. The summed E-state index contributed by atoms with van der Waals surface area (Å²) < 4.78 is 13.0. The molecule has 4 heteroatoms. The van der Waals surface area contributed by atoms with Crippen LogP contribution in [0.1, 0.15) is 12.0 Å². The van der Waals surface area contributed by atoms with Crippen LogP contribution >= 0.6 is 0 Å². The molecule has 1 aromatic carbocycles. The van der Waals surface area contributed by atoms with E-state index in [0.717, 1.165) is 30.0 Å². The molecule has 0 aliphatic heterocycles. The molecule has 18 heavy (non-hydrogen) atoms. The van der Waals surface area contributed by atoms with E-state index >= 15 is 0 Å². The fourth-order valence-corrected chi connectivity index (χ4v) is 1.74. The lowest BCUT2D eigenvalue weighted by atomic mass is 10.2. The molecule has 0 atom stereocenters. The van der Waals surface area contributed by atoms with Gasteiger partial charge in [0.05, 0.1) is 20.0 Å². The topological polar surface area (TPSA) is 36.3 Å². The summed E-state index contributed by atoms with van der Waals surface area (Å²) in [5.41, 5.74) is 1.16. The van der Waals surface area contributed by atoms with Crippen molar-refractivity contribution in [2.24, 2.45) is 0 Å². The minimum atomic E-state index is 0.664. The van der Waals surface area contributed by atoms with E-state index < -0.39 is 0 Å². The maximum Gasteiger partial charge on any atom is 0.161 e. The number of aryl methyl sites for hydroxylation is 2. The normalized spacial score (nSPS) is 10.3. The van der Waals surface area contributed by atoms with Crippen molar-refractivity contribution in [3.05, 3.63) is 42.5 Å². The summed E-state index contributed by atoms with van der Waals surface area (Å²) in [6.07, 6.45) is 6.48. The van der Waals surface area contributed by atoms with Gasteiger partial charge in [-0.1, -0.05) is 6.07 Å². The van der Waals surface area contributed by atoms with Crippen molar-refractivity contribution >= 4 is 0 Å². The molecule has 1 aromatic heterocycles. The Hall–Kier alpha value is -1.97. The van der Waals surface area contributed by atoms with Crippen LogP contribution in [0, 0.1) is 6.92 Å². The number of methoxy groups -OCH3 is 1. The Morgan fingerprint density at radius 3 is 2.89 bits per heavy atom. The van der Waals surface area contributed by atoms with E-state index in [1.54, 1.807) is 13.3 Å². The van der Waals surface area contributed by atoms with Gasteiger partial charge in [-0.25, -0.2) is 4.98 Å². The molecule has 0 aliphatic carbocycles. The Labute approximate surface area is 107 Å². The monoisotopic (exact) mass is 246 g/mol. The second-order valence-corrected chi connectivity index (χ2v) is 4.16. The summed E-state index contributed by atoms with van der Waals surface area (Å²) in [6.45, 7) is 3.61. The van der Waals surface area contributed by atoms with Gasteiger partial charge in [0, 0.05) is 18.9 Å². The average Bonchev–Trinajstić information content (AvgIpc) is 2.89. The second-order valence-electron chi connectivity index (χ2n) is 4.16. The Balaban J connectivity index is 1.83. The molecule has 0 spiro atoms. The van der Waals surface area contributed by atoms with Crippen LogP contribution in [0.4, 0.5) is 0 Å². The lowest BCUT2D eigenvalue weighted by molar-refractivity contribution is 0.282. The number of benzene rings is 1. The second kappa shape index (κ2) is 6.10. The third kappa shape index (κ3) is 3.26. The predicted molar refractivity (Wildman–Crippen MR) is 70.1 cm³/mol. The summed E-state index contributed by atoms with van der Waals surface area (Å²) >= 11 is 0. The number of nitrogens with zero attached hydrogens (tertiary/aromatic N) is 2. The molecule has 1 heterocycles. The number of ether oxygens (including phenoxy) is 2. The Morgan fingerprint density at radius 2 is 2.17 bits per heavy atom. The number of imidazole rings is 1. The summed E-state index contributed by atoms with van der Waals surface area (Å²) in [6, 6.07) is 5.95. The fraction of sp³-hybridized carbons (Fsp3) is 0.357. The van der Waals surface area contributed by atoms with Gasteiger partial charge in [0.15, 0.2) is 11.5 Å². The smallest absolute Gasteiger partial charge is 0.161 e. The highest BCUT2D eigenvalue weighted by atomic mass is 16.5. The third-order valence-electron chi connectivity index (χ3n) is 2.70. The summed E-state index contributed by atoms with van der Waals surface area (Å²) in [5.74, 6) is 1.59. The van der Waals surface area contributed by atoms with Crippen molar-refractivity contribution in [3.63, 3.8) is 0 Å². The molecular weight excluding hydrogens is 228 g/mol. The first-order chi connectivity index (χ1) is 8.79. The highest BCUT2D eigenvalue weighted by molar-refractivity contribution is 5.42. The highest BCUT2D eigenvalue weighted by Crippen LogP contribution is 2.27. The molecule has 0 saturated heterocycles. The van der Waals surface area contributed by atoms with Gasteiger partial charge in [-0.05, 0) is 31.0 Å². The maximum absolute atomic E-state index is 5.72. The zero-order valence-electron chi connectivity index (χ0n) is 10.8. The number of rotatable bonds is 6. The minimum Gasteiger partial charge on any atom is -0.493 e. The summed E-state index contributed by atoms with van der Waals surface area (Å²) in [5, 5.41) is 0. The van der Waals surface area contributed by atoms with Crippen LogP contribution < -0.4 is 9.47 Å². The maximum atomic E-state index is 5.72. The molecule has 0 fully saturated rings. The third-order valence-corrected chi connectivity index (χ3v) is 2.70. The van der Waals surface area contributed by atoms with E-state index in [1.807, 2.05) is 42.2 Å². The quantitative estimate of drug-likeness (QED) is 0.735. The lowest BCUT2D eigenvalue weighted by Gasteiger charge is -2.11. The van der Waals surface area contributed by atoms with E-state index in [9.17, 15) is 0 Å². The first-order valence-corrected chi connectivity index (χ1v) is 6.03. The van der Waals surface area contributed by atoms with E-state index in [-0.39, 0.29) is 0 Å². The van der Waals surface area contributed by atoms with E-state index in [0.29, 0.717) is 6.61 Å². The zero-order chi connectivity index (χ0) is 12.8. The molecule has 0 unspecified atom stereocenters. The highest BCUT2D eigenvalue weighted by Gasteiger charge is 2.03. The lowest BCUT2D eigenvalue weighted by Crippen LogP contribution is -2.04. The van der Waals surface area contributed by atoms with Crippen LogP contribution in [0.2, 0.25) is 0 Å². The van der Waals surface area contributed by atoms with E-state index in [2.05, 4.69) is 4.98 Å². The standard InChI is InChI=1S/C14H18N2O2/c1-12-4-5-13(14(10-12)17-2)18-9-3-7-16-8-6-15-11-16/h4-6,8,10-11H,3,7,9H2,1-2H3. The van der Waals surface area contributed by atoms with Gasteiger partial charge in [0.2, 0.25) is 0 Å². The minimum absolute atomic E-state index is 0.664. The van der Waals surface area contributed by atoms with Crippen molar-refractivity contribution in [1.82, 2.24) is 9.55 Å². The number of aromatic nitrogens is 2.